The molecule has 0 aromatic carbocycles. The molecule has 0 heterocycles. The molecule has 0 atom stereocenters. The summed E-state index contributed by atoms with van der Waals surface area (Å²) in [5.74, 6) is 0. The second-order valence-corrected chi connectivity index (χ2v) is 0.879. The minimum atomic E-state index is -4.45. The molecule has 0 N–H and O–H groups in total. The van der Waals surface area contributed by atoms with Gasteiger partial charge in [-0.15, -0.1) is 13.2 Å². The minimum Gasteiger partial charge on any atom is -0.292 e. The molecule has 0 aliphatic rings. The molecule has 0 radical (unpaired) electrons. The van der Waals surface area contributed by atoms with E-state index < -0.39 is 6.36 Å². The van der Waals surface area contributed by atoms with Gasteiger partial charge in [0, 0.05) is 19.5 Å². The second-order valence-electron chi connectivity index (χ2n) is 0.879. The molecule has 0 aliphatic heterocycles. The third-order valence-corrected chi connectivity index (χ3v) is 0.308. The van der Waals surface area contributed by atoms with E-state index in [-0.39, 0.29) is 26.1 Å². The minimum absolute atomic E-state index is 0. The summed E-state index contributed by atoms with van der Waals surface area (Å²) in [5.41, 5.74) is 0. The van der Waals surface area contributed by atoms with Crippen LogP contribution in [0.3, 0.4) is 0 Å². The number of ether oxygens (including phenoxy) is 1. The summed E-state index contributed by atoms with van der Waals surface area (Å²) in [7, 11) is 0. The van der Waals surface area contributed by atoms with Gasteiger partial charge in [0.1, 0.15) is 0 Å². The van der Waals surface area contributed by atoms with Gasteiger partial charge >= 0.3 is 6.36 Å². The average molecular weight is 179 g/mol. The fourth-order valence-electron chi connectivity index (χ4n) is 0.164. The van der Waals surface area contributed by atoms with Crippen LogP contribution < -0.4 is 0 Å². The van der Waals surface area contributed by atoms with Crippen molar-refractivity contribution in [1.82, 2.24) is 0 Å². The van der Waals surface area contributed by atoms with E-state index in [4.69, 9.17) is 0 Å². The van der Waals surface area contributed by atoms with Gasteiger partial charge in [0.05, 0.1) is 6.61 Å². The summed E-state index contributed by atoms with van der Waals surface area (Å²) in [4.78, 5) is 0. The predicted molar refractivity (Wildman–Crippen MR) is 17.7 cm³/mol. The Morgan fingerprint density at radius 2 is 1.75 bits per heavy atom. The third kappa shape index (κ3) is 9.62. The normalized spacial score (nSPS) is 10.5. The molecular formula is C3H5F3OZn. The second kappa shape index (κ2) is 4.27. The molecule has 46 valence electrons. The first-order valence-corrected chi connectivity index (χ1v) is 1.77. The van der Waals surface area contributed by atoms with Crippen molar-refractivity contribution in [2.45, 2.75) is 13.3 Å². The number of rotatable bonds is 1. The topological polar surface area (TPSA) is 9.23 Å². The Labute approximate surface area is 58.0 Å². The van der Waals surface area contributed by atoms with Crippen LogP contribution in [0.15, 0.2) is 0 Å². The molecule has 0 aromatic heterocycles. The van der Waals surface area contributed by atoms with Crippen LogP contribution in [-0.4, -0.2) is 13.0 Å². The Balaban J connectivity index is 0. The van der Waals surface area contributed by atoms with Crippen LogP contribution in [0.5, 0.6) is 0 Å². The van der Waals surface area contributed by atoms with E-state index in [2.05, 4.69) is 4.74 Å². The molecule has 0 saturated heterocycles. The Bertz CT molecular complexity index is 53.0. The SMILES string of the molecule is CCOC(F)(F)F.[Zn]. The number of halogens is 3. The summed E-state index contributed by atoms with van der Waals surface area (Å²) >= 11 is 0. The zero-order chi connectivity index (χ0) is 5.91. The van der Waals surface area contributed by atoms with Crippen molar-refractivity contribution in [1.29, 1.82) is 0 Å². The van der Waals surface area contributed by atoms with Crippen LogP contribution in [0.25, 0.3) is 0 Å². The molecule has 0 saturated carbocycles. The monoisotopic (exact) mass is 178 g/mol. The molecule has 0 aromatic rings. The van der Waals surface area contributed by atoms with Gasteiger partial charge in [-0.2, -0.15) is 0 Å². The summed E-state index contributed by atoms with van der Waals surface area (Å²) in [6, 6.07) is 0. The van der Waals surface area contributed by atoms with Gasteiger partial charge in [-0.05, 0) is 6.92 Å². The summed E-state index contributed by atoms with van der Waals surface area (Å²) in [5, 5.41) is 0. The van der Waals surface area contributed by atoms with E-state index in [1.165, 1.54) is 6.92 Å². The molecule has 0 spiro atoms. The van der Waals surface area contributed by atoms with Crippen LogP contribution in [0.1, 0.15) is 6.92 Å². The Kier molecular flexibility index (Phi) is 5.98. The Hall–Kier alpha value is 0.373. The quantitative estimate of drug-likeness (QED) is 0.555. The largest absolute Gasteiger partial charge is 0.522 e. The van der Waals surface area contributed by atoms with Crippen LogP contribution in [0.2, 0.25) is 0 Å². The molecule has 5 heteroatoms. The first-order chi connectivity index (χ1) is 3.06. The molecule has 0 rings (SSSR count). The van der Waals surface area contributed by atoms with E-state index >= 15 is 0 Å². The van der Waals surface area contributed by atoms with Crippen LogP contribution in [0.4, 0.5) is 13.2 Å². The molecule has 0 unspecified atom stereocenters. The van der Waals surface area contributed by atoms with Crippen LogP contribution >= 0.6 is 0 Å². The van der Waals surface area contributed by atoms with E-state index in [0.717, 1.165) is 0 Å². The number of hydrogen-bond donors (Lipinski definition) is 0. The summed E-state index contributed by atoms with van der Waals surface area (Å²) in [6.07, 6.45) is -4.45. The standard InChI is InChI=1S/C3H5F3O.Zn/c1-2-7-3(4,5)6;/h2H2,1H3;. The summed E-state index contributed by atoms with van der Waals surface area (Å²) in [6.45, 7) is 0.969. The van der Waals surface area contributed by atoms with Crippen molar-refractivity contribution in [3.63, 3.8) is 0 Å². The van der Waals surface area contributed by atoms with Gasteiger partial charge < -0.3 is 0 Å². The molecule has 0 aliphatic carbocycles. The Morgan fingerprint density at radius 1 is 1.38 bits per heavy atom. The van der Waals surface area contributed by atoms with Crippen molar-refractivity contribution in [2.24, 2.45) is 0 Å². The fraction of sp³-hybridized carbons (Fsp3) is 1.00. The van der Waals surface area contributed by atoms with Crippen molar-refractivity contribution in [2.75, 3.05) is 6.61 Å². The van der Waals surface area contributed by atoms with Crippen molar-refractivity contribution in [3.05, 3.63) is 0 Å². The van der Waals surface area contributed by atoms with E-state index in [9.17, 15) is 13.2 Å². The summed E-state index contributed by atoms with van der Waals surface area (Å²) < 4.78 is 35.7. The van der Waals surface area contributed by atoms with E-state index in [1.54, 1.807) is 0 Å². The predicted octanol–water partition coefficient (Wildman–Crippen LogP) is 1.54. The van der Waals surface area contributed by atoms with Gasteiger partial charge in [0.25, 0.3) is 0 Å². The molecule has 8 heavy (non-hydrogen) atoms. The average Bonchev–Trinajstić information content (AvgIpc) is 1.30. The van der Waals surface area contributed by atoms with Gasteiger partial charge in [0.2, 0.25) is 0 Å². The van der Waals surface area contributed by atoms with Crippen LogP contribution in [-0.2, 0) is 24.2 Å². The third-order valence-electron chi connectivity index (χ3n) is 0.308. The van der Waals surface area contributed by atoms with E-state index in [1.807, 2.05) is 0 Å². The molecule has 1 nitrogen and oxygen atoms in total. The number of alkyl halides is 3. The molecule has 0 bridgehead atoms. The zero-order valence-electron chi connectivity index (χ0n) is 4.46. The van der Waals surface area contributed by atoms with Gasteiger partial charge in [-0.25, -0.2) is 0 Å². The first-order valence-electron chi connectivity index (χ1n) is 1.77. The van der Waals surface area contributed by atoms with Gasteiger partial charge in [0.15, 0.2) is 0 Å². The van der Waals surface area contributed by atoms with Crippen molar-refractivity contribution in [3.8, 4) is 0 Å². The smallest absolute Gasteiger partial charge is 0.292 e. The van der Waals surface area contributed by atoms with Crippen molar-refractivity contribution >= 4 is 0 Å². The van der Waals surface area contributed by atoms with E-state index in [0.29, 0.717) is 0 Å². The number of hydrogen-bond acceptors (Lipinski definition) is 1. The van der Waals surface area contributed by atoms with Gasteiger partial charge in [-0.1, -0.05) is 0 Å². The maximum Gasteiger partial charge on any atom is 0.522 e. The molecule has 0 fully saturated rings. The maximum absolute atomic E-state index is 10.8. The fourth-order valence-corrected chi connectivity index (χ4v) is 0.164. The van der Waals surface area contributed by atoms with Crippen molar-refractivity contribution < 1.29 is 37.4 Å². The van der Waals surface area contributed by atoms with Crippen LogP contribution in [0, 0.1) is 0 Å². The first kappa shape index (κ1) is 11.2. The van der Waals surface area contributed by atoms with Gasteiger partial charge in [-0.3, -0.25) is 4.74 Å². The molecule has 0 amide bonds. The molecular weight excluding hydrogens is 174 g/mol. The zero-order valence-corrected chi connectivity index (χ0v) is 7.42. The maximum atomic E-state index is 10.8. The Morgan fingerprint density at radius 3 is 1.75 bits per heavy atom.